The van der Waals surface area contributed by atoms with E-state index in [1.807, 2.05) is 47.6 Å². The quantitative estimate of drug-likeness (QED) is 0.0918. The highest BCUT2D eigenvalue weighted by Gasteiger charge is 2.11. The summed E-state index contributed by atoms with van der Waals surface area (Å²) in [6.07, 6.45) is 24.1. The van der Waals surface area contributed by atoms with Gasteiger partial charge < -0.3 is 10.4 Å². The van der Waals surface area contributed by atoms with Gasteiger partial charge in [-0.05, 0) is 64.9 Å². The molecule has 0 aliphatic carbocycles. The minimum absolute atomic E-state index is 0.0862. The fourth-order valence-electron chi connectivity index (χ4n) is 3.29. The van der Waals surface area contributed by atoms with Gasteiger partial charge >= 0.3 is 5.97 Å². The smallest absolute Gasteiger partial charge is 0.303 e. The van der Waals surface area contributed by atoms with Crippen molar-refractivity contribution >= 4 is 24.3 Å². The summed E-state index contributed by atoms with van der Waals surface area (Å²) in [6, 6.07) is 0. The molecule has 3 atom stereocenters. The zero-order chi connectivity index (χ0) is 34.0. The number of aliphatic carboxylic acids is 1. The molecule has 7 heteroatoms. The Hall–Kier alpha value is -3.79. The largest absolute Gasteiger partial charge is 0.481 e. The standard InChI is InChI=1S/C32H47N3O3.C3H5F.C2H6/c1-7-10-11-17-29(14-8-2)19-23-34-32(38)30(18-12-16-28(6)35-25-26(4)9-3)20-22-33-21-13-15-27(5)24-31(36)37;1-2-3-4;1-2/h7,9-10,16,19-22,25-27,30H,3,8,11,13-15,17,23-24H2,1-2,4-6H3,(H,34,38)(H,36,37);2-3H,1H3;1-2H3/b10-7-,22-20+,28-16+,29-19+,33-21?,35-25?;3-2+;/t26?,27-,30?;;/m0../s1. The number of allylic oxidation sites excluding steroid dienone is 7. The molecule has 2 N–H and O–H groups in total. The van der Waals surface area contributed by atoms with Gasteiger partial charge in [-0.2, -0.15) is 0 Å². The number of aliphatic imine (C=N–C) groups is 2. The lowest BCUT2D eigenvalue weighted by atomic mass is 10.0. The summed E-state index contributed by atoms with van der Waals surface area (Å²) in [7, 11) is 0. The monoisotopic (exact) mass is 611 g/mol. The van der Waals surface area contributed by atoms with Crippen molar-refractivity contribution in [1.29, 1.82) is 0 Å². The van der Waals surface area contributed by atoms with Gasteiger partial charge in [0.1, 0.15) is 5.92 Å². The zero-order valence-corrected chi connectivity index (χ0v) is 28.5. The van der Waals surface area contributed by atoms with Crippen LogP contribution in [0.5, 0.6) is 0 Å². The van der Waals surface area contributed by atoms with Crippen molar-refractivity contribution in [2.45, 2.75) is 100 Å². The molecule has 0 saturated heterocycles. The number of hydrogen-bond donors (Lipinski definition) is 2. The molecule has 0 spiro atoms. The summed E-state index contributed by atoms with van der Waals surface area (Å²) in [6.45, 7) is 19.8. The van der Waals surface area contributed by atoms with Gasteiger partial charge in [0.15, 0.2) is 0 Å². The van der Waals surface area contributed by atoms with E-state index in [4.69, 9.17) is 5.11 Å². The van der Waals surface area contributed by atoms with Crippen LogP contribution >= 0.6 is 0 Å². The Balaban J connectivity index is -0.00000257. The fraction of sp³-hybridized carbons (Fsp3) is 0.514. The Morgan fingerprint density at radius 2 is 1.80 bits per heavy atom. The molecule has 6 nitrogen and oxygen atoms in total. The number of amides is 1. The molecule has 0 aliphatic rings. The van der Waals surface area contributed by atoms with Crippen LogP contribution in [0.25, 0.3) is 0 Å². The van der Waals surface area contributed by atoms with Crippen molar-refractivity contribution in [2.75, 3.05) is 6.54 Å². The van der Waals surface area contributed by atoms with E-state index < -0.39 is 11.9 Å². The van der Waals surface area contributed by atoms with Gasteiger partial charge in [-0.25, -0.2) is 4.39 Å². The lowest BCUT2D eigenvalue weighted by Crippen LogP contribution is -2.29. The molecule has 246 valence electrons. The Labute approximate surface area is 267 Å². The third-order valence-electron chi connectivity index (χ3n) is 5.70. The van der Waals surface area contributed by atoms with E-state index in [9.17, 15) is 14.0 Å². The van der Waals surface area contributed by atoms with Crippen molar-refractivity contribution in [3.05, 3.63) is 72.9 Å². The average Bonchev–Trinajstić information content (AvgIpc) is 3.01. The molecular formula is C37H58FN3O3. The second-order valence-electron chi connectivity index (χ2n) is 9.80. The van der Waals surface area contributed by atoms with Gasteiger partial charge in [0, 0.05) is 49.3 Å². The first-order valence-corrected chi connectivity index (χ1v) is 15.7. The minimum Gasteiger partial charge on any atom is -0.481 e. The van der Waals surface area contributed by atoms with E-state index in [1.54, 1.807) is 37.7 Å². The zero-order valence-electron chi connectivity index (χ0n) is 28.5. The Morgan fingerprint density at radius 3 is 2.36 bits per heavy atom. The summed E-state index contributed by atoms with van der Waals surface area (Å²) < 4.78 is 10.5. The number of nitrogens with one attached hydrogen (secondary N) is 1. The third kappa shape index (κ3) is 31.2. The highest BCUT2D eigenvalue weighted by molar-refractivity contribution is 5.83. The maximum Gasteiger partial charge on any atom is 0.303 e. The highest BCUT2D eigenvalue weighted by Crippen LogP contribution is 2.12. The van der Waals surface area contributed by atoms with Crippen LogP contribution < -0.4 is 5.32 Å². The molecule has 0 aromatic heterocycles. The molecule has 0 aromatic rings. The first-order valence-electron chi connectivity index (χ1n) is 15.7. The summed E-state index contributed by atoms with van der Waals surface area (Å²) in [5.41, 5.74) is 2.09. The van der Waals surface area contributed by atoms with Crippen molar-refractivity contribution in [1.82, 2.24) is 5.32 Å². The molecule has 0 rings (SSSR count). The number of halogens is 1. The first kappa shape index (κ1) is 44.6. The number of carbonyl (C=O) groups excluding carboxylic acids is 1. The second kappa shape index (κ2) is 33.7. The Morgan fingerprint density at radius 1 is 1.11 bits per heavy atom. The minimum atomic E-state index is -0.790. The summed E-state index contributed by atoms with van der Waals surface area (Å²) in [4.78, 5) is 32.3. The van der Waals surface area contributed by atoms with Crippen LogP contribution in [-0.2, 0) is 9.59 Å². The SMILES string of the molecule is C/C=C/F.C=CC(C)C=N/C(C)=C/C#CC(/C=C/N=CCC[C@H](C)CC(=O)O)C(=O)NC/C=C(\CCC)CC/C=C\C.CC. The number of hydrogen-bond acceptors (Lipinski definition) is 4. The van der Waals surface area contributed by atoms with E-state index in [0.717, 1.165) is 37.8 Å². The van der Waals surface area contributed by atoms with E-state index in [1.165, 1.54) is 11.6 Å². The van der Waals surface area contributed by atoms with Gasteiger partial charge in [-0.3, -0.25) is 19.6 Å². The van der Waals surface area contributed by atoms with Crippen molar-refractivity contribution in [3.8, 4) is 11.8 Å². The molecule has 2 unspecified atom stereocenters. The van der Waals surface area contributed by atoms with Crippen LogP contribution in [0.2, 0.25) is 0 Å². The summed E-state index contributed by atoms with van der Waals surface area (Å²) in [5.74, 6) is 4.57. The van der Waals surface area contributed by atoms with E-state index in [0.29, 0.717) is 19.3 Å². The molecule has 44 heavy (non-hydrogen) atoms. The molecular weight excluding hydrogens is 553 g/mol. The lowest BCUT2D eigenvalue weighted by molar-refractivity contribution is -0.138. The van der Waals surface area contributed by atoms with Crippen LogP contribution in [0.4, 0.5) is 4.39 Å². The topological polar surface area (TPSA) is 91.1 Å². The maximum absolute atomic E-state index is 12.9. The highest BCUT2D eigenvalue weighted by atomic mass is 19.1. The molecule has 0 heterocycles. The second-order valence-corrected chi connectivity index (χ2v) is 9.80. The number of nitrogens with zero attached hydrogens (tertiary/aromatic N) is 2. The van der Waals surface area contributed by atoms with Gasteiger partial charge in [-0.15, -0.1) is 6.58 Å². The van der Waals surface area contributed by atoms with Gasteiger partial charge in [0.05, 0.1) is 6.33 Å². The van der Waals surface area contributed by atoms with E-state index >= 15 is 0 Å². The predicted octanol–water partition coefficient (Wildman–Crippen LogP) is 9.59. The Kier molecular flexibility index (Phi) is 34.2. The lowest BCUT2D eigenvalue weighted by Gasteiger charge is -2.08. The number of carboxylic acids is 1. The van der Waals surface area contributed by atoms with Gasteiger partial charge in [0.25, 0.3) is 0 Å². The predicted molar refractivity (Wildman–Crippen MR) is 188 cm³/mol. The Bertz CT molecular complexity index is 1040. The van der Waals surface area contributed by atoms with Crippen LogP contribution in [0.3, 0.4) is 0 Å². The average molecular weight is 612 g/mol. The fourth-order valence-corrected chi connectivity index (χ4v) is 3.29. The van der Waals surface area contributed by atoms with E-state index in [-0.39, 0.29) is 24.2 Å². The van der Waals surface area contributed by atoms with Gasteiger partial charge in [-0.1, -0.05) is 88.8 Å². The van der Waals surface area contributed by atoms with Crippen molar-refractivity contribution in [2.24, 2.45) is 27.7 Å². The first-order chi connectivity index (χ1) is 21.1. The maximum atomic E-state index is 12.9. The molecule has 0 radical (unpaired) electrons. The molecule has 0 saturated carbocycles. The number of carboxylic acid groups (broad SMARTS) is 1. The van der Waals surface area contributed by atoms with Crippen LogP contribution in [0, 0.1) is 29.6 Å². The summed E-state index contributed by atoms with van der Waals surface area (Å²) >= 11 is 0. The van der Waals surface area contributed by atoms with Crippen LogP contribution in [-0.4, -0.2) is 36.0 Å². The molecule has 0 aliphatic heterocycles. The number of rotatable bonds is 18. The molecule has 0 fully saturated rings. The van der Waals surface area contributed by atoms with Crippen molar-refractivity contribution < 1.29 is 19.1 Å². The number of carbonyl (C=O) groups is 2. The van der Waals surface area contributed by atoms with Crippen LogP contribution in [0.15, 0.2) is 82.9 Å². The van der Waals surface area contributed by atoms with E-state index in [2.05, 4.69) is 58.9 Å². The molecule has 0 bridgehead atoms. The molecule has 1 amide bonds. The van der Waals surface area contributed by atoms with Crippen molar-refractivity contribution in [3.63, 3.8) is 0 Å². The van der Waals surface area contributed by atoms with Crippen LogP contribution in [0.1, 0.15) is 100 Å². The van der Waals surface area contributed by atoms with Gasteiger partial charge in [0.2, 0.25) is 5.91 Å². The normalized spacial score (nSPS) is 14.0. The third-order valence-corrected chi connectivity index (χ3v) is 5.70. The summed E-state index contributed by atoms with van der Waals surface area (Å²) in [5, 5.41) is 11.8. The molecule has 0 aromatic carbocycles.